The van der Waals surface area contributed by atoms with E-state index < -0.39 is 0 Å². The molecule has 1 fully saturated rings. The Morgan fingerprint density at radius 2 is 2.33 bits per heavy atom. The minimum absolute atomic E-state index is 0.125. The number of methoxy groups -OCH3 is 1. The van der Waals surface area contributed by atoms with E-state index in [9.17, 15) is 5.11 Å². The van der Waals surface area contributed by atoms with E-state index >= 15 is 0 Å². The lowest BCUT2D eigenvalue weighted by Crippen LogP contribution is -2.29. The third-order valence-corrected chi connectivity index (χ3v) is 3.42. The van der Waals surface area contributed by atoms with Gasteiger partial charge in [0.1, 0.15) is 0 Å². The molecule has 3 rings (SSSR count). The zero-order valence-electron chi connectivity index (χ0n) is 10.2. The number of hydrogen-bond donors (Lipinski definition) is 1. The molecule has 0 aromatic heterocycles. The van der Waals surface area contributed by atoms with E-state index in [-0.39, 0.29) is 11.4 Å². The van der Waals surface area contributed by atoms with Crippen molar-refractivity contribution in [3.05, 3.63) is 23.8 Å². The van der Waals surface area contributed by atoms with Gasteiger partial charge in [-0.3, -0.25) is 0 Å². The molecule has 1 saturated heterocycles. The summed E-state index contributed by atoms with van der Waals surface area (Å²) in [5.74, 6) is 0.568. The Labute approximate surface area is 105 Å². The van der Waals surface area contributed by atoms with Gasteiger partial charge < -0.3 is 19.4 Å². The fraction of sp³-hybridized carbons (Fsp3) is 0.462. The van der Waals surface area contributed by atoms with Crippen LogP contribution in [0.5, 0.6) is 11.5 Å². The lowest BCUT2D eigenvalue weighted by molar-refractivity contribution is -0.0237. The topological polar surface area (TPSA) is 60.3 Å². The molecule has 2 aliphatic rings. The monoisotopic (exact) mass is 249 g/mol. The Kier molecular flexibility index (Phi) is 2.63. The number of rotatable bonds is 2. The Morgan fingerprint density at radius 1 is 1.44 bits per heavy atom. The molecule has 2 aliphatic heterocycles. The van der Waals surface area contributed by atoms with Crippen LogP contribution in [0, 0.1) is 0 Å². The largest absolute Gasteiger partial charge is 0.504 e. The van der Waals surface area contributed by atoms with Crippen LogP contribution in [0.15, 0.2) is 23.4 Å². The van der Waals surface area contributed by atoms with Crippen molar-refractivity contribution in [2.24, 2.45) is 5.16 Å². The number of ether oxygens (including phenoxy) is 2. The van der Waals surface area contributed by atoms with E-state index in [1.54, 1.807) is 12.1 Å². The fourth-order valence-electron chi connectivity index (χ4n) is 2.33. The van der Waals surface area contributed by atoms with Gasteiger partial charge in [-0.1, -0.05) is 5.16 Å². The van der Waals surface area contributed by atoms with E-state index in [0.29, 0.717) is 12.4 Å². The van der Waals surface area contributed by atoms with Crippen LogP contribution in [0.25, 0.3) is 0 Å². The summed E-state index contributed by atoms with van der Waals surface area (Å²) >= 11 is 0. The van der Waals surface area contributed by atoms with E-state index in [4.69, 9.17) is 14.3 Å². The second-order valence-electron chi connectivity index (χ2n) is 4.68. The molecule has 1 spiro atoms. The van der Waals surface area contributed by atoms with Gasteiger partial charge in [-0.05, 0) is 18.2 Å². The summed E-state index contributed by atoms with van der Waals surface area (Å²) in [4.78, 5) is 5.53. The maximum atomic E-state index is 9.57. The number of phenols is 1. The van der Waals surface area contributed by atoms with E-state index in [0.717, 1.165) is 30.7 Å². The van der Waals surface area contributed by atoms with Crippen molar-refractivity contribution < 1.29 is 19.4 Å². The smallest absolute Gasteiger partial charge is 0.168 e. The Balaban J connectivity index is 1.84. The van der Waals surface area contributed by atoms with Crippen LogP contribution in [0.2, 0.25) is 0 Å². The Hall–Kier alpha value is -1.75. The average molecular weight is 249 g/mol. The molecular weight excluding hydrogens is 234 g/mol. The number of benzene rings is 1. The van der Waals surface area contributed by atoms with E-state index in [2.05, 4.69) is 5.16 Å². The van der Waals surface area contributed by atoms with Crippen LogP contribution in [-0.2, 0) is 9.57 Å². The number of oxime groups is 1. The van der Waals surface area contributed by atoms with Crippen LogP contribution >= 0.6 is 0 Å². The normalized spacial score (nSPS) is 26.2. The molecule has 0 radical (unpaired) electrons. The molecule has 1 atom stereocenters. The third kappa shape index (κ3) is 1.80. The molecule has 18 heavy (non-hydrogen) atoms. The summed E-state index contributed by atoms with van der Waals surface area (Å²) in [6.45, 7) is 1.32. The highest BCUT2D eigenvalue weighted by molar-refractivity contribution is 6.02. The summed E-state index contributed by atoms with van der Waals surface area (Å²) in [6, 6.07) is 5.19. The first-order chi connectivity index (χ1) is 8.72. The van der Waals surface area contributed by atoms with Gasteiger partial charge in [0.2, 0.25) is 0 Å². The van der Waals surface area contributed by atoms with Gasteiger partial charge in [0, 0.05) is 18.4 Å². The number of phenolic OH excluding ortho intramolecular Hbond substituents is 1. The van der Waals surface area contributed by atoms with Gasteiger partial charge in [0.25, 0.3) is 0 Å². The highest BCUT2D eigenvalue weighted by Gasteiger charge is 2.43. The van der Waals surface area contributed by atoms with Crippen LogP contribution in [0.3, 0.4) is 0 Å². The van der Waals surface area contributed by atoms with Crippen molar-refractivity contribution in [3.8, 4) is 11.5 Å². The highest BCUT2D eigenvalue weighted by atomic mass is 16.7. The summed E-state index contributed by atoms with van der Waals surface area (Å²) in [5.41, 5.74) is 1.51. The molecule has 1 aromatic carbocycles. The van der Waals surface area contributed by atoms with Gasteiger partial charge in [-0.2, -0.15) is 0 Å². The molecular formula is C13H15NO4. The van der Waals surface area contributed by atoms with E-state index in [1.165, 1.54) is 7.11 Å². The molecule has 5 heteroatoms. The van der Waals surface area contributed by atoms with Crippen molar-refractivity contribution >= 4 is 5.71 Å². The number of hydrogen-bond acceptors (Lipinski definition) is 5. The SMILES string of the molecule is COc1cc(C2=NOC3(CCOC3)C2)ccc1O. The highest BCUT2D eigenvalue weighted by Crippen LogP contribution is 2.35. The maximum Gasteiger partial charge on any atom is 0.168 e. The fourth-order valence-corrected chi connectivity index (χ4v) is 2.33. The van der Waals surface area contributed by atoms with Gasteiger partial charge in [-0.15, -0.1) is 0 Å². The molecule has 1 N–H and O–H groups in total. The summed E-state index contributed by atoms with van der Waals surface area (Å²) in [7, 11) is 1.53. The molecule has 96 valence electrons. The van der Waals surface area contributed by atoms with Gasteiger partial charge >= 0.3 is 0 Å². The second kappa shape index (κ2) is 4.17. The van der Waals surface area contributed by atoms with Crippen molar-refractivity contribution in [2.45, 2.75) is 18.4 Å². The number of aromatic hydroxyl groups is 1. The molecule has 0 bridgehead atoms. The van der Waals surface area contributed by atoms with Crippen molar-refractivity contribution in [2.75, 3.05) is 20.3 Å². The molecule has 1 aromatic rings. The maximum absolute atomic E-state index is 9.57. The predicted molar refractivity (Wildman–Crippen MR) is 65.1 cm³/mol. The van der Waals surface area contributed by atoms with Gasteiger partial charge in [0.05, 0.1) is 26.0 Å². The quantitative estimate of drug-likeness (QED) is 0.866. The third-order valence-electron chi connectivity index (χ3n) is 3.42. The summed E-state index contributed by atoms with van der Waals surface area (Å²) in [6.07, 6.45) is 1.61. The van der Waals surface area contributed by atoms with Gasteiger partial charge in [-0.25, -0.2) is 0 Å². The average Bonchev–Trinajstić information content (AvgIpc) is 3.01. The lowest BCUT2D eigenvalue weighted by Gasteiger charge is -2.17. The zero-order valence-corrected chi connectivity index (χ0v) is 10.2. The Bertz CT molecular complexity index is 492. The Morgan fingerprint density at radius 3 is 3.06 bits per heavy atom. The summed E-state index contributed by atoms with van der Waals surface area (Å²) in [5, 5.41) is 13.7. The minimum atomic E-state index is -0.277. The molecule has 0 saturated carbocycles. The lowest BCUT2D eigenvalue weighted by atomic mass is 9.93. The van der Waals surface area contributed by atoms with Gasteiger partial charge in [0.15, 0.2) is 17.1 Å². The molecule has 2 heterocycles. The molecule has 0 aliphatic carbocycles. The van der Waals surface area contributed by atoms with Crippen LogP contribution in [0.1, 0.15) is 18.4 Å². The first kappa shape index (κ1) is 11.3. The predicted octanol–water partition coefficient (Wildman–Crippen LogP) is 1.68. The van der Waals surface area contributed by atoms with Crippen LogP contribution in [0.4, 0.5) is 0 Å². The standard InChI is InChI=1S/C13H15NO4/c1-16-12-6-9(2-3-11(12)15)10-7-13(18-14-10)4-5-17-8-13/h2-3,6,15H,4-5,7-8H2,1H3. The molecule has 0 amide bonds. The van der Waals surface area contributed by atoms with Crippen molar-refractivity contribution in [1.29, 1.82) is 0 Å². The van der Waals surface area contributed by atoms with Crippen molar-refractivity contribution in [3.63, 3.8) is 0 Å². The van der Waals surface area contributed by atoms with Crippen LogP contribution in [-0.4, -0.2) is 36.7 Å². The second-order valence-corrected chi connectivity index (χ2v) is 4.68. The van der Waals surface area contributed by atoms with Crippen molar-refractivity contribution in [1.82, 2.24) is 0 Å². The zero-order chi connectivity index (χ0) is 12.6. The molecule has 1 unspecified atom stereocenters. The number of nitrogens with zero attached hydrogens (tertiary/aromatic N) is 1. The first-order valence-electron chi connectivity index (χ1n) is 5.93. The first-order valence-corrected chi connectivity index (χ1v) is 5.93. The van der Waals surface area contributed by atoms with E-state index in [1.807, 2.05) is 6.07 Å². The van der Waals surface area contributed by atoms with Crippen LogP contribution < -0.4 is 4.74 Å². The molecule has 5 nitrogen and oxygen atoms in total. The minimum Gasteiger partial charge on any atom is -0.504 e. The summed E-state index contributed by atoms with van der Waals surface area (Å²) < 4.78 is 10.5.